The molecule has 0 spiro atoms. The van der Waals surface area contributed by atoms with Crippen molar-refractivity contribution < 1.29 is 43.7 Å². The van der Waals surface area contributed by atoms with Crippen molar-refractivity contribution in [3.05, 3.63) is 116 Å². The average molecular weight is 543 g/mol. The molecule has 0 radical (unpaired) electrons. The van der Waals surface area contributed by atoms with E-state index in [1.807, 2.05) is 0 Å². The smallest absolute Gasteiger partial charge is 0.347 e. The van der Waals surface area contributed by atoms with Crippen molar-refractivity contribution in [3.63, 3.8) is 0 Å². The number of benzene rings is 3. The predicted octanol–water partition coefficient (Wildman–Crippen LogP) is 3.67. The fourth-order valence-corrected chi connectivity index (χ4v) is 2.97. The minimum atomic E-state index is -1.64. The molecule has 0 aromatic heterocycles. The number of nitro groups is 5. The summed E-state index contributed by atoms with van der Waals surface area (Å²) in [5, 5.41) is 55.9. The van der Waals surface area contributed by atoms with Crippen LogP contribution >= 0.6 is 0 Å². The van der Waals surface area contributed by atoms with Gasteiger partial charge in [-0.2, -0.15) is 0 Å². The Morgan fingerprint density at radius 3 is 1.49 bits per heavy atom. The van der Waals surface area contributed by atoms with Crippen LogP contribution in [0.1, 0.15) is 20.7 Å². The number of nitro benzene ring substituents is 5. The molecule has 0 aliphatic rings. The molecule has 3 aromatic rings. The van der Waals surface area contributed by atoms with Crippen molar-refractivity contribution in [2.45, 2.75) is 0 Å². The van der Waals surface area contributed by atoms with E-state index in [1.54, 1.807) is 0 Å². The molecule has 0 saturated carbocycles. The van der Waals surface area contributed by atoms with E-state index in [4.69, 9.17) is 9.47 Å². The maximum Gasteiger partial charge on any atom is 0.347 e. The Kier molecular flexibility index (Phi) is 7.46. The van der Waals surface area contributed by atoms with E-state index < -0.39 is 76.2 Å². The van der Waals surface area contributed by atoms with E-state index in [9.17, 15) is 60.2 Å². The van der Waals surface area contributed by atoms with Gasteiger partial charge in [-0.1, -0.05) is 0 Å². The summed E-state index contributed by atoms with van der Waals surface area (Å²) < 4.78 is 9.86. The lowest BCUT2D eigenvalue weighted by Gasteiger charge is -2.11. The number of nitrogens with zero attached hydrogens (tertiary/aromatic N) is 5. The normalized spacial score (nSPS) is 10.3. The highest BCUT2D eigenvalue weighted by molar-refractivity contribution is 5.99. The van der Waals surface area contributed by atoms with Gasteiger partial charge in [0.2, 0.25) is 5.75 Å². The lowest BCUT2D eigenvalue weighted by Crippen LogP contribution is -2.16. The van der Waals surface area contributed by atoms with Crippen molar-refractivity contribution >= 4 is 40.4 Å². The van der Waals surface area contributed by atoms with E-state index in [0.29, 0.717) is 30.3 Å². The summed E-state index contributed by atoms with van der Waals surface area (Å²) in [5.41, 5.74) is -6.32. The van der Waals surface area contributed by atoms with Crippen LogP contribution in [0.5, 0.6) is 11.5 Å². The quantitative estimate of drug-likeness (QED) is 0.161. The van der Waals surface area contributed by atoms with Crippen LogP contribution in [0.25, 0.3) is 0 Å². The second-order valence-corrected chi connectivity index (χ2v) is 7.14. The minimum absolute atomic E-state index is 0.341. The first-order valence-electron chi connectivity index (χ1n) is 9.88. The van der Waals surface area contributed by atoms with Crippen LogP contribution in [0.15, 0.2) is 54.6 Å². The van der Waals surface area contributed by atoms with E-state index in [-0.39, 0.29) is 11.4 Å². The first-order chi connectivity index (χ1) is 18.3. The maximum atomic E-state index is 12.8. The van der Waals surface area contributed by atoms with Crippen LogP contribution in [-0.2, 0) is 0 Å². The van der Waals surface area contributed by atoms with Gasteiger partial charge in [0.1, 0.15) is 11.3 Å². The fraction of sp³-hybridized carbons (Fsp3) is 0. The average Bonchev–Trinajstić information content (AvgIpc) is 2.88. The summed E-state index contributed by atoms with van der Waals surface area (Å²) in [6, 6.07) is 6.27. The van der Waals surface area contributed by atoms with Gasteiger partial charge in [-0.3, -0.25) is 50.6 Å². The van der Waals surface area contributed by atoms with E-state index >= 15 is 0 Å². The maximum absolute atomic E-state index is 12.8. The zero-order valence-corrected chi connectivity index (χ0v) is 18.6. The highest BCUT2D eigenvalue weighted by Gasteiger charge is 2.33. The number of non-ortho nitro benzene ring substituents is 4. The number of ether oxygens (including phenoxy) is 2. The summed E-state index contributed by atoms with van der Waals surface area (Å²) >= 11 is 0. The predicted molar refractivity (Wildman–Crippen MR) is 123 cm³/mol. The van der Waals surface area contributed by atoms with E-state index in [2.05, 4.69) is 0 Å². The van der Waals surface area contributed by atoms with E-state index in [1.165, 1.54) is 0 Å². The molecule has 0 atom stereocenters. The molecule has 0 unspecified atom stereocenters. The standard InChI is InChI=1S/C20H9N5O14/c26-19(10-5-12(22(30)31)7-13(6-10)23(32)33)39-18-16(8-14(24(34)35)9-17(18)25(36)37)20(27)38-15-3-1-11(2-4-15)21(28)29/h1-9H. The Labute approximate surface area is 212 Å². The third-order valence-electron chi connectivity index (χ3n) is 4.69. The molecular formula is C20H9N5O14. The highest BCUT2D eigenvalue weighted by atomic mass is 16.6. The third kappa shape index (κ3) is 6.06. The molecule has 0 heterocycles. The van der Waals surface area contributed by atoms with Crippen LogP contribution in [0.3, 0.4) is 0 Å². The van der Waals surface area contributed by atoms with Gasteiger partial charge < -0.3 is 9.47 Å². The molecule has 0 saturated heterocycles. The first-order valence-corrected chi connectivity index (χ1v) is 9.88. The number of carbonyl (C=O) groups excluding carboxylic acids is 2. The number of rotatable bonds is 9. The van der Waals surface area contributed by atoms with Crippen LogP contribution in [-0.4, -0.2) is 36.6 Å². The van der Waals surface area contributed by atoms with Gasteiger partial charge in [0.15, 0.2) is 0 Å². The molecule has 0 fully saturated rings. The molecule has 3 rings (SSSR count). The molecule has 0 N–H and O–H groups in total. The Balaban J connectivity index is 2.12. The van der Waals surface area contributed by atoms with Crippen molar-refractivity contribution in [2.24, 2.45) is 0 Å². The SMILES string of the molecule is O=C(Oc1c(C(=O)Oc2ccc([N+](=O)[O-])cc2)cc([N+](=O)[O-])cc1[N+](=O)[O-])c1cc([N+](=O)[O-])cc([N+](=O)[O-])c1. The second-order valence-electron chi connectivity index (χ2n) is 7.14. The van der Waals surface area contributed by atoms with Gasteiger partial charge in [0.25, 0.3) is 22.7 Å². The number of esters is 2. The van der Waals surface area contributed by atoms with Crippen LogP contribution < -0.4 is 9.47 Å². The largest absolute Gasteiger partial charge is 0.423 e. The molecule has 0 aliphatic carbocycles. The fourth-order valence-electron chi connectivity index (χ4n) is 2.97. The molecule has 19 heteroatoms. The summed E-state index contributed by atoms with van der Waals surface area (Å²) in [7, 11) is 0. The van der Waals surface area contributed by atoms with Gasteiger partial charge >= 0.3 is 17.6 Å². The molecule has 0 aliphatic heterocycles. The number of hydrogen-bond donors (Lipinski definition) is 0. The lowest BCUT2D eigenvalue weighted by molar-refractivity contribution is -0.394. The van der Waals surface area contributed by atoms with Crippen molar-refractivity contribution in [1.82, 2.24) is 0 Å². The highest BCUT2D eigenvalue weighted by Crippen LogP contribution is 2.37. The zero-order valence-electron chi connectivity index (χ0n) is 18.6. The molecule has 3 aromatic carbocycles. The zero-order chi connectivity index (χ0) is 29.0. The summed E-state index contributed by atoms with van der Waals surface area (Å²) in [4.78, 5) is 76.3. The number of carbonyl (C=O) groups is 2. The molecule has 19 nitrogen and oxygen atoms in total. The Morgan fingerprint density at radius 1 is 0.538 bits per heavy atom. The molecular weight excluding hydrogens is 534 g/mol. The Bertz CT molecular complexity index is 1550. The van der Waals surface area contributed by atoms with Gasteiger partial charge in [0.05, 0.1) is 42.3 Å². The summed E-state index contributed by atoms with van der Waals surface area (Å²) in [6.07, 6.45) is 0. The van der Waals surface area contributed by atoms with Crippen molar-refractivity contribution in [3.8, 4) is 11.5 Å². The molecule has 198 valence electrons. The van der Waals surface area contributed by atoms with Crippen LogP contribution in [0.4, 0.5) is 28.4 Å². The van der Waals surface area contributed by atoms with E-state index in [0.717, 1.165) is 24.3 Å². The monoisotopic (exact) mass is 543 g/mol. The van der Waals surface area contributed by atoms with Crippen molar-refractivity contribution in [1.29, 1.82) is 0 Å². The third-order valence-corrected chi connectivity index (χ3v) is 4.69. The number of hydrogen-bond acceptors (Lipinski definition) is 14. The topological polar surface area (TPSA) is 268 Å². The van der Waals surface area contributed by atoms with Crippen LogP contribution in [0.2, 0.25) is 0 Å². The lowest BCUT2D eigenvalue weighted by atomic mass is 10.1. The van der Waals surface area contributed by atoms with Crippen LogP contribution in [0, 0.1) is 50.6 Å². The first kappa shape index (κ1) is 27.2. The molecule has 0 bridgehead atoms. The molecule has 39 heavy (non-hydrogen) atoms. The van der Waals surface area contributed by atoms with Gasteiger partial charge in [-0.15, -0.1) is 0 Å². The second kappa shape index (κ2) is 10.7. The summed E-state index contributed by atoms with van der Waals surface area (Å²) in [5.74, 6) is -4.70. The minimum Gasteiger partial charge on any atom is -0.423 e. The Morgan fingerprint density at radius 2 is 1.03 bits per heavy atom. The molecule has 0 amide bonds. The van der Waals surface area contributed by atoms with Crippen molar-refractivity contribution in [2.75, 3.05) is 0 Å². The summed E-state index contributed by atoms with van der Waals surface area (Å²) in [6.45, 7) is 0. The van der Waals surface area contributed by atoms with Gasteiger partial charge in [-0.25, -0.2) is 9.59 Å². The van der Waals surface area contributed by atoms with Gasteiger partial charge in [0, 0.05) is 30.3 Å². The van der Waals surface area contributed by atoms with Gasteiger partial charge in [-0.05, 0) is 12.1 Å². The Hall–Kier alpha value is -6.40.